The van der Waals surface area contributed by atoms with Crippen LogP contribution >= 0.6 is 11.6 Å². The molecular weight excluding hydrogens is 471 g/mol. The molecule has 4 rings (SSSR count). The number of fused-ring (bicyclic) bond motifs is 1. The molecule has 0 spiro atoms. The minimum absolute atomic E-state index is 0.0115. The van der Waals surface area contributed by atoms with Crippen molar-refractivity contribution in [2.75, 3.05) is 41.8 Å². The monoisotopic (exact) mass is 494 g/mol. The molecule has 8 nitrogen and oxygen atoms in total. The topological polar surface area (TPSA) is 91.4 Å². The van der Waals surface area contributed by atoms with E-state index < -0.39 is 11.7 Å². The minimum Gasteiger partial charge on any atom is -0.491 e. The summed E-state index contributed by atoms with van der Waals surface area (Å²) < 4.78 is 20.6. The number of amides is 1. The van der Waals surface area contributed by atoms with Crippen molar-refractivity contribution in [1.82, 2.24) is 15.3 Å². The molecule has 3 aromatic rings. The van der Waals surface area contributed by atoms with Gasteiger partial charge in [0.15, 0.2) is 5.82 Å². The van der Waals surface area contributed by atoms with Gasteiger partial charge in [0.25, 0.3) is 5.91 Å². The third-order valence-corrected chi connectivity index (χ3v) is 5.64. The van der Waals surface area contributed by atoms with E-state index >= 15 is 0 Å². The molecule has 0 fully saturated rings. The zero-order chi connectivity index (χ0) is 24.8. The first-order chi connectivity index (χ1) is 17.0. The Labute approximate surface area is 207 Å². The lowest BCUT2D eigenvalue weighted by Crippen LogP contribution is -2.24. The van der Waals surface area contributed by atoms with E-state index in [1.54, 1.807) is 0 Å². The molecule has 0 atom stereocenters. The van der Waals surface area contributed by atoms with Gasteiger partial charge in [0, 0.05) is 24.8 Å². The van der Waals surface area contributed by atoms with Crippen LogP contribution in [-0.4, -0.2) is 42.1 Å². The summed E-state index contributed by atoms with van der Waals surface area (Å²) in [5.74, 6) is 2.27. The number of carbonyl (C=O) groups excluding carboxylic acids is 1. The molecule has 1 aliphatic heterocycles. The van der Waals surface area contributed by atoms with Gasteiger partial charge in [-0.25, -0.2) is 9.37 Å². The summed E-state index contributed by atoms with van der Waals surface area (Å²) in [7, 11) is 0. The van der Waals surface area contributed by atoms with Crippen molar-refractivity contribution in [3.63, 3.8) is 0 Å². The molecule has 0 saturated carbocycles. The van der Waals surface area contributed by atoms with Crippen molar-refractivity contribution >= 4 is 46.3 Å². The largest absolute Gasteiger partial charge is 0.491 e. The van der Waals surface area contributed by atoms with Crippen LogP contribution in [-0.2, 0) is 0 Å². The highest BCUT2D eigenvalue weighted by Crippen LogP contribution is 2.35. The lowest BCUT2D eigenvalue weighted by molar-refractivity contribution is 0.0959. The van der Waals surface area contributed by atoms with Gasteiger partial charge in [-0.15, -0.1) is 6.42 Å². The Morgan fingerprint density at radius 3 is 2.97 bits per heavy atom. The number of hydrogen-bond donors (Lipinski definition) is 3. The summed E-state index contributed by atoms with van der Waals surface area (Å²) in [6, 6.07) is 9.91. The molecule has 3 N–H and O–H groups in total. The van der Waals surface area contributed by atoms with Crippen LogP contribution in [0.2, 0.25) is 5.02 Å². The normalized spacial score (nSPS) is 12.6. The fraction of sp³-hybridized carbons (Fsp3) is 0.240. The van der Waals surface area contributed by atoms with Crippen LogP contribution in [0.5, 0.6) is 5.75 Å². The first-order valence-electron chi connectivity index (χ1n) is 11.1. The van der Waals surface area contributed by atoms with Crippen molar-refractivity contribution < 1.29 is 13.9 Å². The summed E-state index contributed by atoms with van der Waals surface area (Å²) in [5.41, 5.74) is 1.74. The molecule has 10 heteroatoms. The average molecular weight is 495 g/mol. The van der Waals surface area contributed by atoms with Crippen molar-refractivity contribution in [3.8, 4) is 18.1 Å². The van der Waals surface area contributed by atoms with Crippen molar-refractivity contribution in [3.05, 3.63) is 59.0 Å². The molecule has 0 radical (unpaired) electrons. The molecule has 1 aromatic heterocycles. The second-order valence-electron chi connectivity index (χ2n) is 7.65. The SMILES string of the molecule is C#CCNC(=O)c1cccc(F)c1Nc1nc(Nc2ccc3c(c2)OCCCN3CC)ncc1Cl. The van der Waals surface area contributed by atoms with E-state index in [9.17, 15) is 9.18 Å². The fourth-order valence-electron chi connectivity index (χ4n) is 3.68. The fourth-order valence-corrected chi connectivity index (χ4v) is 3.82. The molecule has 180 valence electrons. The van der Waals surface area contributed by atoms with Gasteiger partial charge in [-0.3, -0.25) is 4.79 Å². The number of ether oxygens (including phenoxy) is 1. The molecule has 1 aliphatic rings. The van der Waals surface area contributed by atoms with Crippen LogP contribution in [0.15, 0.2) is 42.6 Å². The number of nitrogens with one attached hydrogen (secondary N) is 3. The van der Waals surface area contributed by atoms with Crippen molar-refractivity contribution in [2.45, 2.75) is 13.3 Å². The standard InChI is InChI=1S/C25H24ClFN6O2/c1-3-11-28-24(34)17-7-5-8-19(27)22(17)31-23-18(26)15-29-25(32-23)30-16-9-10-20-21(14-16)35-13-6-12-33(20)4-2/h1,5,7-10,14-15H,4,6,11-13H2,2H3,(H,28,34)(H2,29,30,31,32). The average Bonchev–Trinajstić information content (AvgIpc) is 3.07. The predicted octanol–water partition coefficient (Wildman–Crippen LogP) is 4.73. The van der Waals surface area contributed by atoms with Crippen molar-refractivity contribution in [2.24, 2.45) is 0 Å². The quantitative estimate of drug-likeness (QED) is 0.409. The number of benzene rings is 2. The number of rotatable bonds is 7. The summed E-state index contributed by atoms with van der Waals surface area (Å²) in [6.45, 7) is 4.58. The number of nitrogens with zero attached hydrogens (tertiary/aromatic N) is 3. The molecule has 0 aliphatic carbocycles. The van der Waals surface area contributed by atoms with Gasteiger partial charge in [0.2, 0.25) is 5.95 Å². The summed E-state index contributed by atoms with van der Waals surface area (Å²) in [4.78, 5) is 23.3. The number of anilines is 5. The first-order valence-corrected chi connectivity index (χ1v) is 11.5. The Balaban J connectivity index is 1.59. The van der Waals surface area contributed by atoms with Crippen LogP contribution < -0.4 is 25.6 Å². The molecule has 0 unspecified atom stereocenters. The van der Waals surface area contributed by atoms with Crippen LogP contribution in [0.4, 0.5) is 33.2 Å². The Kier molecular flexibility index (Phi) is 7.53. The van der Waals surface area contributed by atoms with E-state index in [1.807, 2.05) is 18.2 Å². The first kappa shape index (κ1) is 24.1. The molecular formula is C25H24ClFN6O2. The van der Waals surface area contributed by atoms with E-state index in [0.717, 1.165) is 36.6 Å². The maximum absolute atomic E-state index is 14.6. The Morgan fingerprint density at radius 2 is 2.17 bits per heavy atom. The summed E-state index contributed by atoms with van der Waals surface area (Å²) in [6.07, 6.45) is 7.53. The summed E-state index contributed by atoms with van der Waals surface area (Å²) >= 11 is 6.27. The highest BCUT2D eigenvalue weighted by molar-refractivity contribution is 6.33. The molecule has 0 saturated heterocycles. The van der Waals surface area contributed by atoms with E-state index in [4.69, 9.17) is 22.8 Å². The maximum Gasteiger partial charge on any atom is 0.254 e. The smallest absolute Gasteiger partial charge is 0.254 e. The van der Waals surface area contributed by atoms with Gasteiger partial charge in [0.05, 0.1) is 36.3 Å². The van der Waals surface area contributed by atoms with Gasteiger partial charge in [-0.05, 0) is 37.6 Å². The molecule has 2 heterocycles. The Morgan fingerprint density at radius 1 is 1.31 bits per heavy atom. The number of terminal acetylenes is 1. The van der Waals surface area contributed by atoms with E-state index in [1.165, 1.54) is 24.4 Å². The number of carbonyl (C=O) groups is 1. The molecule has 35 heavy (non-hydrogen) atoms. The lowest BCUT2D eigenvalue weighted by Gasteiger charge is -2.22. The zero-order valence-corrected chi connectivity index (χ0v) is 19.8. The Hall–Kier alpha value is -4.03. The van der Waals surface area contributed by atoms with Crippen LogP contribution in [0.1, 0.15) is 23.7 Å². The van der Waals surface area contributed by atoms with E-state index in [2.05, 4.69) is 43.7 Å². The van der Waals surface area contributed by atoms with Crippen LogP contribution in [0.3, 0.4) is 0 Å². The number of para-hydroxylation sites is 1. The molecule has 2 aromatic carbocycles. The van der Waals surface area contributed by atoms with Gasteiger partial charge >= 0.3 is 0 Å². The second-order valence-corrected chi connectivity index (χ2v) is 8.06. The van der Waals surface area contributed by atoms with Crippen molar-refractivity contribution in [1.29, 1.82) is 0 Å². The molecule has 0 bridgehead atoms. The minimum atomic E-state index is -0.647. The van der Waals surface area contributed by atoms with Crippen LogP contribution in [0, 0.1) is 18.2 Å². The third-order valence-electron chi connectivity index (χ3n) is 5.37. The number of hydrogen-bond acceptors (Lipinski definition) is 7. The zero-order valence-electron chi connectivity index (χ0n) is 19.1. The van der Waals surface area contributed by atoms with Crippen LogP contribution in [0.25, 0.3) is 0 Å². The predicted molar refractivity (Wildman–Crippen MR) is 136 cm³/mol. The highest BCUT2D eigenvalue weighted by Gasteiger charge is 2.18. The van der Waals surface area contributed by atoms with Gasteiger partial charge in [-0.2, -0.15) is 4.98 Å². The summed E-state index contributed by atoms with van der Waals surface area (Å²) in [5, 5.41) is 8.62. The number of halogens is 2. The second kappa shape index (κ2) is 10.9. The molecule has 1 amide bonds. The highest BCUT2D eigenvalue weighted by atomic mass is 35.5. The third kappa shape index (κ3) is 5.55. The lowest BCUT2D eigenvalue weighted by atomic mass is 10.1. The van der Waals surface area contributed by atoms with Gasteiger partial charge in [-0.1, -0.05) is 23.6 Å². The van der Waals surface area contributed by atoms with Gasteiger partial charge < -0.3 is 25.6 Å². The van der Waals surface area contributed by atoms with E-state index in [0.29, 0.717) is 6.61 Å². The Bertz CT molecular complexity index is 1280. The number of aromatic nitrogens is 2. The van der Waals surface area contributed by atoms with Gasteiger partial charge in [0.1, 0.15) is 16.6 Å². The maximum atomic E-state index is 14.6. The van der Waals surface area contributed by atoms with E-state index in [-0.39, 0.29) is 34.6 Å².